The monoisotopic (exact) mass is 434 g/mol. The van der Waals surface area contributed by atoms with E-state index >= 15 is 0 Å². The fraction of sp³-hybridized carbons (Fsp3) is 0.333. The second-order valence-electron chi connectivity index (χ2n) is 7.72. The molecule has 0 spiro atoms. The van der Waals surface area contributed by atoms with Gasteiger partial charge in [0.1, 0.15) is 5.01 Å². The summed E-state index contributed by atoms with van der Waals surface area (Å²) in [6.07, 6.45) is 6.19. The summed E-state index contributed by atoms with van der Waals surface area (Å²) in [5.74, 6) is 0.184. The molecule has 1 saturated heterocycles. The molecule has 0 radical (unpaired) electrons. The van der Waals surface area contributed by atoms with Gasteiger partial charge in [0.2, 0.25) is 11.8 Å². The van der Waals surface area contributed by atoms with Crippen LogP contribution in [0.1, 0.15) is 29.8 Å². The maximum Gasteiger partial charge on any atom is 0.223 e. The van der Waals surface area contributed by atoms with Crippen LogP contribution in [0.2, 0.25) is 0 Å². The number of pyridine rings is 1. The van der Waals surface area contributed by atoms with Gasteiger partial charge in [0.15, 0.2) is 0 Å². The summed E-state index contributed by atoms with van der Waals surface area (Å²) < 4.78 is 0. The van der Waals surface area contributed by atoms with Crippen LogP contribution < -0.4 is 5.32 Å². The molecule has 7 heteroatoms. The largest absolute Gasteiger partial charge is 0.349 e. The van der Waals surface area contributed by atoms with E-state index in [9.17, 15) is 9.59 Å². The van der Waals surface area contributed by atoms with Crippen molar-refractivity contribution in [1.82, 2.24) is 20.2 Å². The number of thiazole rings is 1. The van der Waals surface area contributed by atoms with Gasteiger partial charge in [-0.05, 0) is 37.0 Å². The van der Waals surface area contributed by atoms with Crippen molar-refractivity contribution in [1.29, 1.82) is 0 Å². The number of aryl methyl sites for hydroxylation is 1. The summed E-state index contributed by atoms with van der Waals surface area (Å²) >= 11 is 1.54. The van der Waals surface area contributed by atoms with Crippen LogP contribution in [0.3, 0.4) is 0 Å². The highest BCUT2D eigenvalue weighted by atomic mass is 32.1. The standard InChI is InChI=1S/C24H26N4O2S/c29-23(7-6-18-4-2-1-3-5-18)28-14-10-20(11-15-28)24(30)26-16-22-27-21(17-31-22)19-8-12-25-13-9-19/h1-5,8-9,12-13,17,20H,6-7,10-11,14-16H2,(H,26,30). The minimum atomic E-state index is -0.0437. The van der Waals surface area contributed by atoms with E-state index in [1.165, 1.54) is 5.56 Å². The van der Waals surface area contributed by atoms with E-state index in [0.717, 1.165) is 22.7 Å². The Balaban J connectivity index is 1.20. The van der Waals surface area contributed by atoms with Crippen LogP contribution in [0, 0.1) is 5.92 Å². The minimum absolute atomic E-state index is 0.0437. The van der Waals surface area contributed by atoms with Crippen LogP contribution in [0.5, 0.6) is 0 Å². The topological polar surface area (TPSA) is 75.2 Å². The summed E-state index contributed by atoms with van der Waals surface area (Å²) in [5, 5.41) is 5.90. The molecular formula is C24H26N4O2S. The highest BCUT2D eigenvalue weighted by molar-refractivity contribution is 7.09. The van der Waals surface area contributed by atoms with Crippen molar-refractivity contribution in [3.63, 3.8) is 0 Å². The molecule has 1 aliphatic rings. The maximum absolute atomic E-state index is 12.6. The van der Waals surface area contributed by atoms with Crippen molar-refractivity contribution in [3.8, 4) is 11.3 Å². The molecule has 1 aromatic carbocycles. The number of benzene rings is 1. The van der Waals surface area contributed by atoms with Gasteiger partial charge < -0.3 is 10.2 Å². The summed E-state index contributed by atoms with van der Waals surface area (Å²) in [7, 11) is 0. The van der Waals surface area contributed by atoms with Crippen LogP contribution in [0.4, 0.5) is 0 Å². The number of amides is 2. The third-order valence-electron chi connectivity index (χ3n) is 5.63. The number of carbonyl (C=O) groups excluding carboxylic acids is 2. The van der Waals surface area contributed by atoms with Crippen LogP contribution >= 0.6 is 11.3 Å². The van der Waals surface area contributed by atoms with Crippen molar-refractivity contribution in [2.45, 2.75) is 32.2 Å². The molecule has 6 nitrogen and oxygen atoms in total. The smallest absolute Gasteiger partial charge is 0.223 e. The fourth-order valence-corrected chi connectivity index (χ4v) is 4.54. The first-order valence-electron chi connectivity index (χ1n) is 10.6. The summed E-state index contributed by atoms with van der Waals surface area (Å²) in [6, 6.07) is 13.9. The molecule has 160 valence electrons. The van der Waals surface area contributed by atoms with Gasteiger partial charge >= 0.3 is 0 Å². The first-order valence-corrected chi connectivity index (χ1v) is 11.5. The molecule has 0 atom stereocenters. The average Bonchev–Trinajstić information content (AvgIpc) is 3.31. The molecule has 2 amide bonds. The Kier molecular flexibility index (Phi) is 7.04. The van der Waals surface area contributed by atoms with Gasteiger partial charge in [-0.3, -0.25) is 14.6 Å². The molecule has 0 unspecified atom stereocenters. The summed E-state index contributed by atoms with van der Waals surface area (Å²) in [5.41, 5.74) is 3.10. The van der Waals surface area contributed by atoms with Gasteiger partial charge in [0.05, 0.1) is 12.2 Å². The molecule has 31 heavy (non-hydrogen) atoms. The zero-order valence-electron chi connectivity index (χ0n) is 17.4. The van der Waals surface area contributed by atoms with Crippen molar-refractivity contribution < 1.29 is 9.59 Å². The van der Waals surface area contributed by atoms with Crippen LogP contribution in [-0.4, -0.2) is 39.8 Å². The summed E-state index contributed by atoms with van der Waals surface area (Å²) in [6.45, 7) is 1.73. The average molecular weight is 435 g/mol. The van der Waals surface area contributed by atoms with Gasteiger partial charge in [-0.25, -0.2) is 4.98 Å². The molecule has 1 N–H and O–H groups in total. The maximum atomic E-state index is 12.6. The highest BCUT2D eigenvalue weighted by Crippen LogP contribution is 2.22. The number of aromatic nitrogens is 2. The number of hydrogen-bond acceptors (Lipinski definition) is 5. The molecule has 1 fully saturated rings. The van der Waals surface area contributed by atoms with Gasteiger partial charge in [-0.15, -0.1) is 11.3 Å². The van der Waals surface area contributed by atoms with E-state index in [2.05, 4.69) is 15.3 Å². The van der Waals surface area contributed by atoms with Crippen molar-refractivity contribution >= 4 is 23.2 Å². The Morgan fingerprint density at radius 3 is 2.55 bits per heavy atom. The van der Waals surface area contributed by atoms with Gasteiger partial charge in [-0.2, -0.15) is 0 Å². The Morgan fingerprint density at radius 1 is 1.06 bits per heavy atom. The molecule has 0 bridgehead atoms. The Labute approximate surface area is 186 Å². The molecular weight excluding hydrogens is 408 g/mol. The number of hydrogen-bond donors (Lipinski definition) is 1. The SMILES string of the molecule is O=C(NCc1nc(-c2ccncc2)cs1)C1CCN(C(=O)CCc2ccccc2)CC1. The van der Waals surface area contributed by atoms with Crippen LogP contribution in [0.25, 0.3) is 11.3 Å². The lowest BCUT2D eigenvalue weighted by molar-refractivity contribution is -0.135. The lowest BCUT2D eigenvalue weighted by Gasteiger charge is -2.31. The number of nitrogens with zero attached hydrogens (tertiary/aromatic N) is 3. The number of nitrogens with one attached hydrogen (secondary N) is 1. The molecule has 4 rings (SSSR count). The molecule has 0 saturated carbocycles. The number of piperidine rings is 1. The van der Waals surface area contributed by atoms with E-state index in [1.54, 1.807) is 23.7 Å². The summed E-state index contributed by atoms with van der Waals surface area (Å²) in [4.78, 5) is 35.6. The zero-order chi connectivity index (χ0) is 21.5. The quantitative estimate of drug-likeness (QED) is 0.615. The van der Waals surface area contributed by atoms with Crippen molar-refractivity contribution in [2.24, 2.45) is 5.92 Å². The molecule has 0 aliphatic carbocycles. The third kappa shape index (κ3) is 5.76. The first kappa shape index (κ1) is 21.2. The lowest BCUT2D eigenvalue weighted by atomic mass is 9.95. The van der Waals surface area contributed by atoms with E-state index < -0.39 is 0 Å². The number of carbonyl (C=O) groups is 2. The lowest BCUT2D eigenvalue weighted by Crippen LogP contribution is -2.43. The van der Waals surface area contributed by atoms with Crippen LogP contribution in [-0.2, 0) is 22.6 Å². The highest BCUT2D eigenvalue weighted by Gasteiger charge is 2.27. The van der Waals surface area contributed by atoms with E-state index in [0.29, 0.717) is 38.9 Å². The van der Waals surface area contributed by atoms with Crippen molar-refractivity contribution in [3.05, 3.63) is 70.8 Å². The fourth-order valence-electron chi connectivity index (χ4n) is 3.80. The number of likely N-dealkylation sites (tertiary alicyclic amines) is 1. The Morgan fingerprint density at radius 2 is 1.81 bits per heavy atom. The van der Waals surface area contributed by atoms with Crippen LogP contribution in [0.15, 0.2) is 60.2 Å². The minimum Gasteiger partial charge on any atom is -0.349 e. The predicted molar refractivity (Wildman–Crippen MR) is 121 cm³/mol. The second-order valence-corrected chi connectivity index (χ2v) is 8.66. The molecule has 3 aromatic rings. The van der Waals surface area contributed by atoms with Gasteiger partial charge in [0, 0.05) is 48.8 Å². The van der Waals surface area contributed by atoms with E-state index in [4.69, 9.17) is 0 Å². The normalized spacial score (nSPS) is 14.4. The zero-order valence-corrected chi connectivity index (χ0v) is 18.2. The molecule has 2 aromatic heterocycles. The number of rotatable bonds is 7. The van der Waals surface area contributed by atoms with E-state index in [1.807, 2.05) is 52.7 Å². The molecule has 3 heterocycles. The predicted octanol–water partition coefficient (Wildman–Crippen LogP) is 3.69. The van der Waals surface area contributed by atoms with Crippen molar-refractivity contribution in [2.75, 3.05) is 13.1 Å². The molecule has 1 aliphatic heterocycles. The third-order valence-corrected chi connectivity index (χ3v) is 6.48. The van der Waals surface area contributed by atoms with E-state index in [-0.39, 0.29) is 17.7 Å². The van der Waals surface area contributed by atoms with Gasteiger partial charge in [-0.1, -0.05) is 30.3 Å². The second kappa shape index (κ2) is 10.3. The first-order chi connectivity index (χ1) is 15.2. The Hall–Kier alpha value is -3.06. The van der Waals surface area contributed by atoms with Gasteiger partial charge in [0.25, 0.3) is 0 Å². The Bertz CT molecular complexity index is 999.